The summed E-state index contributed by atoms with van der Waals surface area (Å²) >= 11 is 1.45. The molecular formula is C21H17NO3S. The van der Waals surface area contributed by atoms with Crippen molar-refractivity contribution in [2.24, 2.45) is 0 Å². The lowest BCUT2D eigenvalue weighted by Gasteiger charge is -2.07. The number of methoxy groups -OCH3 is 1. The summed E-state index contributed by atoms with van der Waals surface area (Å²) in [6.07, 6.45) is 1.84. The van der Waals surface area contributed by atoms with Crippen molar-refractivity contribution in [3.63, 3.8) is 0 Å². The number of nitrogens with zero attached hydrogens (tertiary/aromatic N) is 1. The number of hydrogen-bond donors (Lipinski definition) is 0. The molecule has 0 spiro atoms. The van der Waals surface area contributed by atoms with Crippen LogP contribution in [0.5, 0.6) is 5.75 Å². The first-order chi connectivity index (χ1) is 12.7. The molecule has 0 fully saturated rings. The molecule has 0 aliphatic heterocycles. The molecule has 0 N–H and O–H groups in total. The Bertz CT molecular complexity index is 1100. The molecule has 0 unspecified atom stereocenters. The molecule has 4 nitrogen and oxygen atoms in total. The molecule has 0 saturated carbocycles. The average molecular weight is 363 g/mol. The first kappa shape index (κ1) is 16.5. The van der Waals surface area contributed by atoms with Crippen molar-refractivity contribution < 1.29 is 14.3 Å². The van der Waals surface area contributed by atoms with Gasteiger partial charge in [-0.1, -0.05) is 30.3 Å². The second-order valence-electron chi connectivity index (χ2n) is 5.77. The quantitative estimate of drug-likeness (QED) is 0.462. The number of fused-ring (bicyclic) bond motifs is 3. The van der Waals surface area contributed by atoms with Crippen LogP contribution in [0.4, 0.5) is 0 Å². The molecule has 2 heterocycles. The van der Waals surface area contributed by atoms with Crippen LogP contribution in [0.3, 0.4) is 0 Å². The van der Waals surface area contributed by atoms with E-state index in [0.29, 0.717) is 11.5 Å². The second kappa shape index (κ2) is 6.77. The van der Waals surface area contributed by atoms with Crippen LogP contribution in [-0.2, 0) is 4.74 Å². The van der Waals surface area contributed by atoms with Gasteiger partial charge in [0.05, 0.1) is 19.2 Å². The lowest BCUT2D eigenvalue weighted by atomic mass is 10.0. The van der Waals surface area contributed by atoms with Crippen molar-refractivity contribution in [1.82, 2.24) is 4.98 Å². The van der Waals surface area contributed by atoms with Gasteiger partial charge in [-0.15, -0.1) is 11.3 Å². The van der Waals surface area contributed by atoms with E-state index in [0.717, 1.165) is 37.9 Å². The zero-order chi connectivity index (χ0) is 18.1. The summed E-state index contributed by atoms with van der Waals surface area (Å²) in [4.78, 5) is 17.6. The van der Waals surface area contributed by atoms with E-state index in [2.05, 4.69) is 4.98 Å². The van der Waals surface area contributed by atoms with E-state index in [1.54, 1.807) is 0 Å². The van der Waals surface area contributed by atoms with Gasteiger partial charge in [-0.2, -0.15) is 0 Å². The minimum Gasteiger partial charge on any atom is -0.494 e. The normalized spacial score (nSPS) is 11.0. The van der Waals surface area contributed by atoms with Gasteiger partial charge in [0.25, 0.3) is 0 Å². The van der Waals surface area contributed by atoms with E-state index in [9.17, 15) is 4.79 Å². The third kappa shape index (κ3) is 2.70. The number of thiophene rings is 1. The smallest absolute Gasteiger partial charge is 0.348 e. The van der Waals surface area contributed by atoms with Crippen molar-refractivity contribution in [2.45, 2.75) is 6.92 Å². The third-order valence-corrected chi connectivity index (χ3v) is 5.47. The van der Waals surface area contributed by atoms with Gasteiger partial charge in [0.2, 0.25) is 0 Å². The van der Waals surface area contributed by atoms with Crippen LogP contribution in [0, 0.1) is 0 Å². The van der Waals surface area contributed by atoms with Gasteiger partial charge in [0, 0.05) is 27.2 Å². The molecule has 0 bridgehead atoms. The van der Waals surface area contributed by atoms with Crippen LogP contribution in [0.25, 0.3) is 32.1 Å². The fourth-order valence-corrected chi connectivity index (χ4v) is 4.33. The Kier molecular flexibility index (Phi) is 4.31. The minimum absolute atomic E-state index is 0.334. The Balaban J connectivity index is 1.99. The van der Waals surface area contributed by atoms with Crippen LogP contribution in [0.15, 0.2) is 54.7 Å². The maximum atomic E-state index is 12.4. The molecule has 4 aromatic rings. The molecule has 0 amide bonds. The highest BCUT2D eigenvalue weighted by Crippen LogP contribution is 2.42. The van der Waals surface area contributed by atoms with Crippen molar-refractivity contribution in [3.05, 3.63) is 59.6 Å². The summed E-state index contributed by atoms with van der Waals surface area (Å²) in [7, 11) is 1.41. The van der Waals surface area contributed by atoms with Crippen molar-refractivity contribution >= 4 is 38.3 Å². The SMILES string of the molecule is CCOc1ccc(-c2c(C(=O)OC)sc3c2cnc2ccccc23)cc1. The molecule has 0 aliphatic rings. The summed E-state index contributed by atoms with van der Waals surface area (Å²) in [5, 5.41) is 2.00. The number of benzene rings is 2. The van der Waals surface area contributed by atoms with E-state index in [-0.39, 0.29) is 5.97 Å². The van der Waals surface area contributed by atoms with Crippen LogP contribution < -0.4 is 4.74 Å². The maximum Gasteiger partial charge on any atom is 0.348 e. The number of carbonyl (C=O) groups is 1. The number of aromatic nitrogens is 1. The van der Waals surface area contributed by atoms with Crippen molar-refractivity contribution in [2.75, 3.05) is 13.7 Å². The molecule has 4 rings (SSSR count). The van der Waals surface area contributed by atoms with Gasteiger partial charge >= 0.3 is 5.97 Å². The van der Waals surface area contributed by atoms with Crippen molar-refractivity contribution in [3.8, 4) is 16.9 Å². The highest BCUT2D eigenvalue weighted by Gasteiger charge is 2.22. The Morgan fingerprint density at radius 1 is 1.08 bits per heavy atom. The Labute approximate surface area is 155 Å². The molecular weight excluding hydrogens is 346 g/mol. The standard InChI is InChI=1S/C21H17NO3S/c1-3-25-14-10-8-13(9-11-14)18-16-12-22-17-7-5-4-6-15(17)19(16)26-20(18)21(23)24-2/h4-12H,3H2,1-2H3. The Morgan fingerprint density at radius 3 is 2.58 bits per heavy atom. The fourth-order valence-electron chi connectivity index (χ4n) is 3.09. The molecule has 130 valence electrons. The molecule has 0 atom stereocenters. The summed E-state index contributed by atoms with van der Waals surface area (Å²) in [5.74, 6) is 0.471. The average Bonchev–Trinajstić information content (AvgIpc) is 3.08. The van der Waals surface area contributed by atoms with Crippen molar-refractivity contribution in [1.29, 1.82) is 0 Å². The number of ether oxygens (including phenoxy) is 2. The van der Waals surface area contributed by atoms with Gasteiger partial charge < -0.3 is 9.47 Å². The van der Waals surface area contributed by atoms with Crippen LogP contribution in [-0.4, -0.2) is 24.7 Å². The third-order valence-electron chi connectivity index (χ3n) is 4.25. The topological polar surface area (TPSA) is 48.4 Å². The van der Waals surface area contributed by atoms with E-state index in [1.165, 1.54) is 18.4 Å². The molecule has 26 heavy (non-hydrogen) atoms. The lowest BCUT2D eigenvalue weighted by Crippen LogP contribution is -2.00. The fraction of sp³-hybridized carbons (Fsp3) is 0.143. The number of pyridine rings is 1. The predicted molar refractivity (Wildman–Crippen MR) is 105 cm³/mol. The van der Waals surface area contributed by atoms with E-state index < -0.39 is 0 Å². The molecule has 0 aliphatic carbocycles. The van der Waals surface area contributed by atoms with E-state index in [4.69, 9.17) is 9.47 Å². The molecule has 0 saturated heterocycles. The summed E-state index contributed by atoms with van der Waals surface area (Å²) < 4.78 is 11.6. The monoisotopic (exact) mass is 363 g/mol. The van der Waals surface area contributed by atoms with Crippen LogP contribution in [0.2, 0.25) is 0 Å². The number of carbonyl (C=O) groups excluding carboxylic acids is 1. The largest absolute Gasteiger partial charge is 0.494 e. The van der Waals surface area contributed by atoms with Gasteiger partial charge in [0.1, 0.15) is 10.6 Å². The van der Waals surface area contributed by atoms with Gasteiger partial charge in [-0.05, 0) is 30.7 Å². The van der Waals surface area contributed by atoms with E-state index in [1.807, 2.05) is 61.7 Å². The number of rotatable bonds is 4. The molecule has 2 aromatic carbocycles. The van der Waals surface area contributed by atoms with Gasteiger partial charge in [0.15, 0.2) is 0 Å². The first-order valence-electron chi connectivity index (χ1n) is 8.34. The predicted octanol–water partition coefficient (Wildman–Crippen LogP) is 5.30. The second-order valence-corrected chi connectivity index (χ2v) is 6.79. The number of para-hydroxylation sites is 1. The summed E-state index contributed by atoms with van der Waals surface area (Å²) in [6, 6.07) is 15.7. The zero-order valence-electron chi connectivity index (χ0n) is 14.5. The maximum absolute atomic E-state index is 12.4. The molecule has 0 radical (unpaired) electrons. The van der Waals surface area contributed by atoms with Gasteiger partial charge in [-0.3, -0.25) is 4.98 Å². The summed E-state index contributed by atoms with van der Waals surface area (Å²) in [5.41, 5.74) is 2.71. The molecule has 2 aromatic heterocycles. The summed E-state index contributed by atoms with van der Waals surface area (Å²) in [6.45, 7) is 2.57. The number of hydrogen-bond acceptors (Lipinski definition) is 5. The Morgan fingerprint density at radius 2 is 1.85 bits per heavy atom. The van der Waals surface area contributed by atoms with Crippen LogP contribution in [0.1, 0.15) is 16.6 Å². The highest BCUT2D eigenvalue weighted by molar-refractivity contribution is 7.22. The molecule has 5 heteroatoms. The Hall–Kier alpha value is -2.92. The zero-order valence-corrected chi connectivity index (χ0v) is 15.3. The van der Waals surface area contributed by atoms with Gasteiger partial charge in [-0.25, -0.2) is 4.79 Å². The van der Waals surface area contributed by atoms with E-state index >= 15 is 0 Å². The first-order valence-corrected chi connectivity index (χ1v) is 9.16. The van der Waals surface area contributed by atoms with Crippen LogP contribution >= 0.6 is 11.3 Å². The highest BCUT2D eigenvalue weighted by atomic mass is 32.1. The number of esters is 1. The lowest BCUT2D eigenvalue weighted by molar-refractivity contribution is 0.0607. The minimum atomic E-state index is -0.334.